The molecular weight excluding hydrogens is 267 g/mol. The summed E-state index contributed by atoms with van der Waals surface area (Å²) in [4.78, 5) is 4.27. The Hall–Kier alpha value is -1.09. The van der Waals surface area contributed by atoms with Crippen LogP contribution >= 0.6 is 23.2 Å². The van der Waals surface area contributed by atoms with Crippen LogP contribution in [0.5, 0.6) is 0 Å². The van der Waals surface area contributed by atoms with Crippen molar-refractivity contribution in [3.05, 3.63) is 63.9 Å². The van der Waals surface area contributed by atoms with E-state index in [2.05, 4.69) is 10.3 Å². The van der Waals surface area contributed by atoms with Crippen LogP contribution in [-0.4, -0.2) is 11.5 Å². The van der Waals surface area contributed by atoms with Gasteiger partial charge in [-0.3, -0.25) is 4.98 Å². The summed E-state index contributed by atoms with van der Waals surface area (Å²) in [6.45, 7) is 1.63. The molecule has 0 saturated heterocycles. The number of benzene rings is 1. The summed E-state index contributed by atoms with van der Waals surface area (Å²) in [6.07, 6.45) is 2.72. The van der Waals surface area contributed by atoms with Crippen LogP contribution in [0.25, 0.3) is 0 Å². The molecule has 0 radical (unpaired) electrons. The number of hydrogen-bond acceptors (Lipinski definition) is 2. The van der Waals surface area contributed by atoms with E-state index in [-0.39, 0.29) is 0 Å². The highest BCUT2D eigenvalue weighted by molar-refractivity contribution is 6.34. The third kappa shape index (κ3) is 4.30. The Morgan fingerprint density at radius 3 is 2.50 bits per heavy atom. The maximum atomic E-state index is 5.94. The van der Waals surface area contributed by atoms with Crippen LogP contribution < -0.4 is 5.32 Å². The molecule has 0 unspecified atom stereocenters. The summed E-state index contributed by atoms with van der Waals surface area (Å²) in [5, 5.41) is 4.69. The van der Waals surface area contributed by atoms with Crippen LogP contribution in [0.15, 0.2) is 42.6 Å². The van der Waals surface area contributed by atoms with Gasteiger partial charge < -0.3 is 5.32 Å². The second kappa shape index (κ2) is 6.74. The van der Waals surface area contributed by atoms with E-state index >= 15 is 0 Å². The summed E-state index contributed by atoms with van der Waals surface area (Å²) >= 11 is 11.9. The molecule has 2 aromatic rings. The van der Waals surface area contributed by atoms with Crippen molar-refractivity contribution in [3.63, 3.8) is 0 Å². The Morgan fingerprint density at radius 2 is 1.83 bits per heavy atom. The van der Waals surface area contributed by atoms with Gasteiger partial charge in [-0.25, -0.2) is 0 Å². The first kappa shape index (κ1) is 13.3. The van der Waals surface area contributed by atoms with Crippen molar-refractivity contribution < 1.29 is 0 Å². The summed E-state index contributed by atoms with van der Waals surface area (Å²) in [5.41, 5.74) is 2.18. The average Bonchev–Trinajstić information content (AvgIpc) is 2.35. The third-order valence-electron chi connectivity index (χ3n) is 2.54. The highest BCUT2D eigenvalue weighted by atomic mass is 35.5. The van der Waals surface area contributed by atoms with Crippen LogP contribution in [0.1, 0.15) is 11.3 Å². The highest BCUT2D eigenvalue weighted by Gasteiger charge is 1.98. The first-order chi connectivity index (χ1) is 8.74. The molecule has 0 amide bonds. The normalized spacial score (nSPS) is 10.6. The fourth-order valence-corrected chi connectivity index (χ4v) is 2.28. The summed E-state index contributed by atoms with van der Waals surface area (Å²) in [7, 11) is 0. The Balaban J connectivity index is 1.78. The van der Waals surface area contributed by atoms with Gasteiger partial charge in [0, 0.05) is 41.4 Å². The fraction of sp³-hybridized carbons (Fsp3) is 0.214. The zero-order valence-corrected chi connectivity index (χ0v) is 11.4. The zero-order valence-electron chi connectivity index (χ0n) is 9.87. The maximum Gasteiger partial charge on any atom is 0.0424 e. The number of pyridine rings is 1. The van der Waals surface area contributed by atoms with E-state index in [1.165, 1.54) is 0 Å². The summed E-state index contributed by atoms with van der Waals surface area (Å²) in [5.74, 6) is 0. The molecule has 4 heteroatoms. The molecule has 0 atom stereocenters. The molecule has 2 nitrogen and oxygen atoms in total. The van der Waals surface area contributed by atoms with Gasteiger partial charge >= 0.3 is 0 Å². The molecule has 1 aromatic heterocycles. The van der Waals surface area contributed by atoms with Gasteiger partial charge in [-0.15, -0.1) is 0 Å². The van der Waals surface area contributed by atoms with Crippen molar-refractivity contribution in [3.8, 4) is 0 Å². The first-order valence-corrected chi connectivity index (χ1v) is 6.55. The molecular formula is C14H14Cl2N2. The second-order valence-electron chi connectivity index (χ2n) is 4.03. The number of halogens is 2. The van der Waals surface area contributed by atoms with E-state index in [1.807, 2.05) is 36.5 Å². The molecule has 0 aliphatic rings. The maximum absolute atomic E-state index is 5.94. The van der Waals surface area contributed by atoms with Crippen molar-refractivity contribution in [1.82, 2.24) is 10.3 Å². The fourth-order valence-electron chi connectivity index (χ4n) is 1.71. The molecule has 2 rings (SSSR count). The van der Waals surface area contributed by atoms with Gasteiger partial charge in [0.2, 0.25) is 0 Å². The quantitative estimate of drug-likeness (QED) is 0.845. The number of hydrogen-bond donors (Lipinski definition) is 1. The van der Waals surface area contributed by atoms with E-state index in [9.17, 15) is 0 Å². The molecule has 1 N–H and O–H groups in total. The van der Waals surface area contributed by atoms with Crippen LogP contribution in [0.2, 0.25) is 10.0 Å². The van der Waals surface area contributed by atoms with Crippen molar-refractivity contribution in [1.29, 1.82) is 0 Å². The van der Waals surface area contributed by atoms with Gasteiger partial charge in [0.05, 0.1) is 0 Å². The molecule has 1 heterocycles. The first-order valence-electron chi connectivity index (χ1n) is 5.79. The predicted octanol–water partition coefficient (Wildman–Crippen LogP) is 3.72. The lowest BCUT2D eigenvalue weighted by molar-refractivity contribution is 0.680. The lowest BCUT2D eigenvalue weighted by Crippen LogP contribution is -2.17. The molecule has 0 bridgehead atoms. The molecule has 0 fully saturated rings. The van der Waals surface area contributed by atoms with E-state index in [4.69, 9.17) is 23.2 Å². The van der Waals surface area contributed by atoms with Gasteiger partial charge in [0.25, 0.3) is 0 Å². The largest absolute Gasteiger partial charge is 0.312 e. The Bertz CT molecular complexity index is 480. The van der Waals surface area contributed by atoms with Crippen LogP contribution in [0.3, 0.4) is 0 Å². The smallest absolute Gasteiger partial charge is 0.0424 e. The average molecular weight is 281 g/mol. The van der Waals surface area contributed by atoms with Gasteiger partial charge in [0.15, 0.2) is 0 Å². The van der Waals surface area contributed by atoms with E-state index in [0.717, 1.165) is 30.8 Å². The number of nitrogens with zero attached hydrogens (tertiary/aromatic N) is 1. The molecule has 0 saturated carbocycles. The molecule has 0 aliphatic carbocycles. The molecule has 18 heavy (non-hydrogen) atoms. The van der Waals surface area contributed by atoms with Crippen LogP contribution in [0, 0.1) is 0 Å². The number of aromatic nitrogens is 1. The minimum Gasteiger partial charge on any atom is -0.312 e. The highest BCUT2D eigenvalue weighted by Crippen LogP contribution is 2.18. The summed E-state index contributed by atoms with van der Waals surface area (Å²) in [6, 6.07) is 11.5. The SMILES string of the molecule is Clc1cc(Cl)cc(CNCCc2ccccn2)c1. The number of nitrogens with one attached hydrogen (secondary N) is 1. The van der Waals surface area contributed by atoms with Gasteiger partial charge in [-0.2, -0.15) is 0 Å². The lowest BCUT2D eigenvalue weighted by Gasteiger charge is -2.06. The Morgan fingerprint density at radius 1 is 1.06 bits per heavy atom. The molecule has 1 aromatic carbocycles. The molecule has 94 valence electrons. The standard InChI is InChI=1S/C14H14Cl2N2/c15-12-7-11(8-13(16)9-12)10-17-6-4-14-3-1-2-5-18-14/h1-3,5,7-9,17H,4,6,10H2. The second-order valence-corrected chi connectivity index (χ2v) is 4.90. The summed E-state index contributed by atoms with van der Waals surface area (Å²) < 4.78 is 0. The minimum atomic E-state index is 0.670. The Kier molecular flexibility index (Phi) is 5.00. The Labute approximate surface area is 117 Å². The topological polar surface area (TPSA) is 24.9 Å². The van der Waals surface area contributed by atoms with Gasteiger partial charge in [0.1, 0.15) is 0 Å². The van der Waals surface area contributed by atoms with Crippen molar-refractivity contribution >= 4 is 23.2 Å². The monoisotopic (exact) mass is 280 g/mol. The third-order valence-corrected chi connectivity index (χ3v) is 2.97. The minimum absolute atomic E-state index is 0.670. The van der Waals surface area contributed by atoms with Gasteiger partial charge in [-0.1, -0.05) is 29.3 Å². The molecule has 0 spiro atoms. The lowest BCUT2D eigenvalue weighted by atomic mass is 10.2. The zero-order chi connectivity index (χ0) is 12.8. The van der Waals surface area contributed by atoms with Crippen LogP contribution in [0.4, 0.5) is 0 Å². The van der Waals surface area contributed by atoms with E-state index in [0.29, 0.717) is 10.0 Å². The van der Waals surface area contributed by atoms with Crippen molar-refractivity contribution in [2.45, 2.75) is 13.0 Å². The van der Waals surface area contributed by atoms with Crippen LogP contribution in [-0.2, 0) is 13.0 Å². The van der Waals surface area contributed by atoms with Crippen molar-refractivity contribution in [2.24, 2.45) is 0 Å². The molecule has 0 aliphatic heterocycles. The van der Waals surface area contributed by atoms with E-state index in [1.54, 1.807) is 6.07 Å². The van der Waals surface area contributed by atoms with E-state index < -0.39 is 0 Å². The predicted molar refractivity (Wildman–Crippen MR) is 76.1 cm³/mol. The number of rotatable bonds is 5. The van der Waals surface area contributed by atoms with Gasteiger partial charge in [-0.05, 0) is 35.9 Å². The van der Waals surface area contributed by atoms with Crippen molar-refractivity contribution in [2.75, 3.05) is 6.54 Å².